The first-order chi connectivity index (χ1) is 10.9. The fourth-order valence-corrected chi connectivity index (χ4v) is 2.02. The Morgan fingerprint density at radius 3 is 2.43 bits per heavy atom. The maximum Gasteiger partial charge on any atom is 0.387 e. The van der Waals surface area contributed by atoms with Crippen molar-refractivity contribution >= 4 is 11.6 Å². The van der Waals surface area contributed by atoms with Crippen LogP contribution >= 0.6 is 0 Å². The lowest BCUT2D eigenvalue weighted by Crippen LogP contribution is -2.20. The number of amides is 1. The van der Waals surface area contributed by atoms with E-state index in [1.807, 2.05) is 32.0 Å². The first-order valence-corrected chi connectivity index (χ1v) is 6.99. The Balaban J connectivity index is 1.87. The molecular formula is C17H17F2NO3. The summed E-state index contributed by atoms with van der Waals surface area (Å²) in [5.41, 5.74) is 2.54. The monoisotopic (exact) mass is 321 g/mol. The van der Waals surface area contributed by atoms with Crippen LogP contribution in [0.4, 0.5) is 14.5 Å². The molecule has 0 spiro atoms. The molecular weight excluding hydrogens is 304 g/mol. The standard InChI is InChI=1S/C17H17F2NO3/c1-11-3-8-15(12(2)9-11)22-10-16(21)20-13-4-6-14(7-5-13)23-17(18)19/h3-9,17H,10H2,1-2H3,(H,20,21). The van der Waals surface area contributed by atoms with Gasteiger partial charge in [0.2, 0.25) is 0 Å². The molecule has 6 heteroatoms. The van der Waals surface area contributed by atoms with Crippen LogP contribution in [0.15, 0.2) is 42.5 Å². The molecule has 0 aliphatic rings. The average Bonchev–Trinajstić information content (AvgIpc) is 2.48. The van der Waals surface area contributed by atoms with E-state index in [1.165, 1.54) is 24.3 Å². The summed E-state index contributed by atoms with van der Waals surface area (Å²) in [5, 5.41) is 2.62. The molecule has 0 atom stereocenters. The molecule has 2 aromatic carbocycles. The summed E-state index contributed by atoms with van der Waals surface area (Å²) >= 11 is 0. The molecule has 4 nitrogen and oxygen atoms in total. The molecule has 0 heterocycles. The van der Waals surface area contributed by atoms with Crippen LogP contribution in [0.25, 0.3) is 0 Å². The number of halogens is 2. The molecule has 0 unspecified atom stereocenters. The number of carbonyl (C=O) groups excluding carboxylic acids is 1. The number of rotatable bonds is 6. The summed E-state index contributed by atoms with van der Waals surface area (Å²) in [6.45, 7) is 0.869. The van der Waals surface area contributed by atoms with Gasteiger partial charge in [0.1, 0.15) is 11.5 Å². The highest BCUT2D eigenvalue weighted by molar-refractivity contribution is 5.91. The molecule has 1 amide bonds. The van der Waals surface area contributed by atoms with Crippen LogP contribution in [0.1, 0.15) is 11.1 Å². The van der Waals surface area contributed by atoms with E-state index in [-0.39, 0.29) is 18.3 Å². The minimum atomic E-state index is -2.87. The zero-order valence-corrected chi connectivity index (χ0v) is 12.8. The van der Waals surface area contributed by atoms with Gasteiger partial charge >= 0.3 is 6.61 Å². The van der Waals surface area contributed by atoms with E-state index >= 15 is 0 Å². The van der Waals surface area contributed by atoms with E-state index in [2.05, 4.69) is 10.1 Å². The van der Waals surface area contributed by atoms with Gasteiger partial charge in [-0.25, -0.2) is 0 Å². The molecule has 0 aromatic heterocycles. The molecule has 2 rings (SSSR count). The van der Waals surface area contributed by atoms with Crippen molar-refractivity contribution in [1.82, 2.24) is 0 Å². The summed E-state index contributed by atoms with van der Waals surface area (Å²) < 4.78 is 33.8. The largest absolute Gasteiger partial charge is 0.483 e. The molecule has 0 saturated carbocycles. The third-order valence-corrected chi connectivity index (χ3v) is 3.05. The maximum atomic E-state index is 12.0. The van der Waals surface area contributed by atoms with Crippen molar-refractivity contribution in [3.63, 3.8) is 0 Å². The number of ether oxygens (including phenoxy) is 2. The predicted molar refractivity (Wildman–Crippen MR) is 83.1 cm³/mol. The number of anilines is 1. The number of hydrogen-bond donors (Lipinski definition) is 1. The van der Waals surface area contributed by atoms with Crippen molar-refractivity contribution in [3.05, 3.63) is 53.6 Å². The van der Waals surface area contributed by atoms with E-state index in [4.69, 9.17) is 4.74 Å². The first-order valence-electron chi connectivity index (χ1n) is 6.99. The van der Waals surface area contributed by atoms with E-state index in [0.717, 1.165) is 11.1 Å². The van der Waals surface area contributed by atoms with Crippen LogP contribution < -0.4 is 14.8 Å². The highest BCUT2D eigenvalue weighted by atomic mass is 19.3. The van der Waals surface area contributed by atoms with Gasteiger partial charge in [0.05, 0.1) is 0 Å². The lowest BCUT2D eigenvalue weighted by atomic mass is 10.1. The van der Waals surface area contributed by atoms with Crippen LogP contribution in [0.2, 0.25) is 0 Å². The van der Waals surface area contributed by atoms with Gasteiger partial charge < -0.3 is 14.8 Å². The van der Waals surface area contributed by atoms with Crippen LogP contribution in [-0.4, -0.2) is 19.1 Å². The third kappa shape index (κ3) is 5.25. The van der Waals surface area contributed by atoms with E-state index in [1.54, 1.807) is 0 Å². The summed E-state index contributed by atoms with van der Waals surface area (Å²) in [6.07, 6.45) is 0. The smallest absolute Gasteiger partial charge is 0.387 e. The minimum Gasteiger partial charge on any atom is -0.483 e. The normalized spacial score (nSPS) is 10.5. The highest BCUT2D eigenvalue weighted by Crippen LogP contribution is 2.19. The van der Waals surface area contributed by atoms with Crippen molar-refractivity contribution in [2.24, 2.45) is 0 Å². The third-order valence-electron chi connectivity index (χ3n) is 3.05. The second kappa shape index (κ2) is 7.58. The zero-order valence-electron chi connectivity index (χ0n) is 12.8. The Kier molecular flexibility index (Phi) is 5.51. The van der Waals surface area contributed by atoms with E-state index in [0.29, 0.717) is 11.4 Å². The Bertz CT molecular complexity index is 672. The molecule has 2 aromatic rings. The van der Waals surface area contributed by atoms with Crippen molar-refractivity contribution in [2.45, 2.75) is 20.5 Å². The van der Waals surface area contributed by atoms with Crippen molar-refractivity contribution in [2.75, 3.05) is 11.9 Å². The first kappa shape index (κ1) is 16.7. The Hall–Kier alpha value is -2.63. The van der Waals surface area contributed by atoms with E-state index in [9.17, 15) is 13.6 Å². The van der Waals surface area contributed by atoms with Gasteiger partial charge in [0, 0.05) is 5.69 Å². The predicted octanol–water partition coefficient (Wildman–Crippen LogP) is 3.92. The maximum absolute atomic E-state index is 12.0. The molecule has 0 radical (unpaired) electrons. The summed E-state index contributed by atoms with van der Waals surface area (Å²) in [5.74, 6) is 0.337. The number of aryl methyl sites for hydroxylation is 2. The summed E-state index contributed by atoms with van der Waals surface area (Å²) in [6, 6.07) is 11.4. The molecule has 1 N–H and O–H groups in total. The molecule has 0 aliphatic heterocycles. The molecule has 0 bridgehead atoms. The van der Waals surface area contributed by atoms with Gasteiger partial charge in [0.25, 0.3) is 5.91 Å². The fraction of sp³-hybridized carbons (Fsp3) is 0.235. The van der Waals surface area contributed by atoms with Crippen molar-refractivity contribution in [1.29, 1.82) is 0 Å². The number of benzene rings is 2. The lowest BCUT2D eigenvalue weighted by Gasteiger charge is -2.10. The van der Waals surface area contributed by atoms with Gasteiger partial charge in [-0.15, -0.1) is 0 Å². The van der Waals surface area contributed by atoms with Gasteiger partial charge in [-0.1, -0.05) is 17.7 Å². The number of hydrogen-bond acceptors (Lipinski definition) is 3. The van der Waals surface area contributed by atoms with Crippen LogP contribution in [0.3, 0.4) is 0 Å². The van der Waals surface area contributed by atoms with Gasteiger partial charge in [0.15, 0.2) is 6.61 Å². The van der Waals surface area contributed by atoms with Gasteiger partial charge in [-0.3, -0.25) is 4.79 Å². The Morgan fingerprint density at radius 1 is 1.13 bits per heavy atom. The highest BCUT2D eigenvalue weighted by Gasteiger charge is 2.07. The topological polar surface area (TPSA) is 47.6 Å². The number of alkyl halides is 2. The van der Waals surface area contributed by atoms with Crippen LogP contribution in [0, 0.1) is 13.8 Å². The number of carbonyl (C=O) groups is 1. The second-order valence-electron chi connectivity index (χ2n) is 5.01. The summed E-state index contributed by atoms with van der Waals surface area (Å²) in [7, 11) is 0. The van der Waals surface area contributed by atoms with Crippen molar-refractivity contribution < 1.29 is 23.0 Å². The summed E-state index contributed by atoms with van der Waals surface area (Å²) in [4.78, 5) is 11.8. The molecule has 0 fully saturated rings. The molecule has 23 heavy (non-hydrogen) atoms. The van der Waals surface area contributed by atoms with Gasteiger partial charge in [-0.2, -0.15) is 8.78 Å². The fourth-order valence-electron chi connectivity index (χ4n) is 2.02. The molecule has 0 saturated heterocycles. The number of nitrogens with one attached hydrogen (secondary N) is 1. The SMILES string of the molecule is Cc1ccc(OCC(=O)Nc2ccc(OC(F)F)cc2)c(C)c1. The lowest BCUT2D eigenvalue weighted by molar-refractivity contribution is -0.118. The Morgan fingerprint density at radius 2 is 1.83 bits per heavy atom. The van der Waals surface area contributed by atoms with Crippen LogP contribution in [0.5, 0.6) is 11.5 Å². The Labute approximate surface area is 133 Å². The molecule has 0 aliphatic carbocycles. The van der Waals surface area contributed by atoms with Gasteiger partial charge in [-0.05, 0) is 49.7 Å². The average molecular weight is 321 g/mol. The zero-order chi connectivity index (χ0) is 16.8. The van der Waals surface area contributed by atoms with Crippen LogP contribution in [-0.2, 0) is 4.79 Å². The quantitative estimate of drug-likeness (QED) is 0.877. The van der Waals surface area contributed by atoms with E-state index < -0.39 is 6.61 Å². The minimum absolute atomic E-state index is 0.0320. The molecule has 122 valence electrons. The second-order valence-corrected chi connectivity index (χ2v) is 5.01. The van der Waals surface area contributed by atoms with Crippen molar-refractivity contribution in [3.8, 4) is 11.5 Å².